The Morgan fingerprint density at radius 3 is 2.86 bits per heavy atom. The van der Waals surface area contributed by atoms with Crippen LogP contribution in [0.15, 0.2) is 52.2 Å². The molecule has 0 spiro atoms. The highest BCUT2D eigenvalue weighted by atomic mass is 32.1. The minimum Gasteiger partial charge on any atom is -0.367 e. The van der Waals surface area contributed by atoms with Gasteiger partial charge in [-0.1, -0.05) is 23.5 Å². The molecule has 0 saturated carbocycles. The SMILES string of the molecule is Cn1c(-c2ccc(/C=N\N=C(N)NO)cc2)c[n+]2ccsc12. The van der Waals surface area contributed by atoms with Crippen molar-refractivity contribution < 1.29 is 9.61 Å². The Hall–Kier alpha value is -2.71. The second-order valence-electron chi connectivity index (χ2n) is 4.63. The van der Waals surface area contributed by atoms with Crippen molar-refractivity contribution in [3.8, 4) is 11.3 Å². The molecule has 4 N–H and O–H groups in total. The molecule has 22 heavy (non-hydrogen) atoms. The maximum Gasteiger partial charge on any atom is 0.345 e. The van der Waals surface area contributed by atoms with Gasteiger partial charge in [0.2, 0.25) is 5.96 Å². The molecule has 2 aromatic heterocycles. The van der Waals surface area contributed by atoms with Crippen LogP contribution in [-0.4, -0.2) is 21.9 Å². The van der Waals surface area contributed by atoms with Gasteiger partial charge in [0, 0.05) is 10.9 Å². The van der Waals surface area contributed by atoms with Gasteiger partial charge in [0.1, 0.15) is 12.4 Å². The minimum atomic E-state index is -0.159. The van der Waals surface area contributed by atoms with Crippen molar-refractivity contribution in [2.24, 2.45) is 23.0 Å². The molecular formula is C14H15N6OS+. The van der Waals surface area contributed by atoms with E-state index in [1.54, 1.807) is 23.0 Å². The number of hydrogen-bond acceptors (Lipinski definition) is 4. The van der Waals surface area contributed by atoms with Gasteiger partial charge < -0.3 is 5.73 Å². The van der Waals surface area contributed by atoms with Crippen LogP contribution in [0.4, 0.5) is 0 Å². The van der Waals surface area contributed by atoms with E-state index in [0.717, 1.165) is 16.8 Å². The third-order valence-corrected chi connectivity index (χ3v) is 4.17. The molecule has 0 unspecified atom stereocenters. The third-order valence-electron chi connectivity index (χ3n) is 3.22. The van der Waals surface area contributed by atoms with Crippen molar-refractivity contribution in [2.75, 3.05) is 0 Å². The van der Waals surface area contributed by atoms with Gasteiger partial charge in [0.15, 0.2) is 5.69 Å². The van der Waals surface area contributed by atoms with Gasteiger partial charge in [-0.3, -0.25) is 5.21 Å². The summed E-state index contributed by atoms with van der Waals surface area (Å²) >= 11 is 1.70. The van der Waals surface area contributed by atoms with Crippen LogP contribution in [0.2, 0.25) is 0 Å². The molecule has 3 rings (SSSR count). The number of rotatable bonds is 3. The van der Waals surface area contributed by atoms with Gasteiger partial charge in [-0.05, 0) is 17.7 Å². The summed E-state index contributed by atoms with van der Waals surface area (Å²) in [6.45, 7) is 0. The Balaban J connectivity index is 1.85. The molecule has 0 bridgehead atoms. The number of thiazole rings is 1. The third kappa shape index (κ3) is 2.69. The molecule has 0 radical (unpaired) electrons. The first-order valence-corrected chi connectivity index (χ1v) is 7.38. The number of guanidine groups is 1. The van der Waals surface area contributed by atoms with E-state index in [-0.39, 0.29) is 5.96 Å². The predicted octanol–water partition coefficient (Wildman–Crippen LogP) is 1.12. The maximum atomic E-state index is 8.48. The summed E-state index contributed by atoms with van der Waals surface area (Å²) < 4.78 is 4.26. The lowest BCUT2D eigenvalue weighted by atomic mass is 10.1. The number of hydrogen-bond donors (Lipinski definition) is 3. The molecule has 1 aromatic carbocycles. The first-order chi connectivity index (χ1) is 10.7. The molecule has 0 amide bonds. The molecule has 0 fully saturated rings. The average Bonchev–Trinajstić information content (AvgIpc) is 3.11. The lowest BCUT2D eigenvalue weighted by Crippen LogP contribution is -2.27. The van der Waals surface area contributed by atoms with E-state index in [1.165, 1.54) is 4.96 Å². The first kappa shape index (κ1) is 14.2. The Morgan fingerprint density at radius 2 is 2.18 bits per heavy atom. The molecule has 7 nitrogen and oxygen atoms in total. The summed E-state index contributed by atoms with van der Waals surface area (Å²) in [6, 6.07) is 7.95. The molecule has 2 heterocycles. The largest absolute Gasteiger partial charge is 0.367 e. The normalized spacial score (nSPS) is 12.4. The summed E-state index contributed by atoms with van der Waals surface area (Å²) in [7, 11) is 2.05. The number of benzene rings is 1. The van der Waals surface area contributed by atoms with Gasteiger partial charge >= 0.3 is 4.96 Å². The second kappa shape index (κ2) is 5.96. The van der Waals surface area contributed by atoms with E-state index in [4.69, 9.17) is 10.9 Å². The van der Waals surface area contributed by atoms with Gasteiger partial charge in [-0.25, -0.2) is 10.0 Å². The molecule has 0 aliphatic carbocycles. The molecule has 0 atom stereocenters. The lowest BCUT2D eigenvalue weighted by molar-refractivity contribution is -0.505. The number of aromatic nitrogens is 2. The molecule has 0 saturated heterocycles. The minimum absolute atomic E-state index is 0.159. The Labute approximate surface area is 130 Å². The van der Waals surface area contributed by atoms with E-state index < -0.39 is 0 Å². The summed E-state index contributed by atoms with van der Waals surface area (Å²) in [5.41, 5.74) is 10.1. The molecule has 3 aromatic rings. The van der Waals surface area contributed by atoms with Crippen molar-refractivity contribution in [3.05, 3.63) is 47.6 Å². The van der Waals surface area contributed by atoms with E-state index >= 15 is 0 Å². The number of nitrogens with zero attached hydrogens (tertiary/aromatic N) is 4. The van der Waals surface area contributed by atoms with Crippen molar-refractivity contribution in [3.63, 3.8) is 0 Å². The van der Waals surface area contributed by atoms with Gasteiger partial charge in [-0.15, -0.1) is 5.10 Å². The number of imidazole rings is 1. The smallest absolute Gasteiger partial charge is 0.345 e. The summed E-state index contributed by atoms with van der Waals surface area (Å²) in [5.74, 6) is -0.159. The monoisotopic (exact) mass is 315 g/mol. The zero-order chi connectivity index (χ0) is 15.5. The molecular weight excluding hydrogens is 300 g/mol. The van der Waals surface area contributed by atoms with Gasteiger partial charge in [-0.2, -0.15) is 9.50 Å². The fourth-order valence-electron chi connectivity index (χ4n) is 2.14. The summed E-state index contributed by atoms with van der Waals surface area (Å²) in [5, 5.41) is 17.9. The molecule has 0 aliphatic heterocycles. The van der Waals surface area contributed by atoms with E-state index in [9.17, 15) is 0 Å². The zero-order valence-corrected chi connectivity index (χ0v) is 12.7. The van der Waals surface area contributed by atoms with Crippen LogP contribution in [0.5, 0.6) is 0 Å². The predicted molar refractivity (Wildman–Crippen MR) is 86.0 cm³/mol. The molecule has 112 valence electrons. The van der Waals surface area contributed by atoms with Crippen molar-refractivity contribution in [2.45, 2.75) is 0 Å². The average molecular weight is 315 g/mol. The quantitative estimate of drug-likeness (QED) is 0.293. The highest BCUT2D eigenvalue weighted by Crippen LogP contribution is 2.21. The Morgan fingerprint density at radius 1 is 1.41 bits per heavy atom. The number of fused-ring (bicyclic) bond motifs is 1. The lowest BCUT2D eigenvalue weighted by Gasteiger charge is -1.98. The Bertz CT molecular complexity index is 846. The number of nitrogens with one attached hydrogen (secondary N) is 1. The van der Waals surface area contributed by atoms with Crippen LogP contribution in [0.1, 0.15) is 5.56 Å². The van der Waals surface area contributed by atoms with Crippen molar-refractivity contribution >= 4 is 28.5 Å². The highest BCUT2D eigenvalue weighted by molar-refractivity contribution is 7.14. The summed E-state index contributed by atoms with van der Waals surface area (Å²) in [6.07, 6.45) is 5.71. The zero-order valence-electron chi connectivity index (χ0n) is 11.8. The number of hydroxylamine groups is 1. The molecule has 8 heteroatoms. The highest BCUT2D eigenvalue weighted by Gasteiger charge is 2.16. The standard InChI is InChI=1S/C14H15N6OS/c1-19-12(9-20-6-7-22-14(19)20)11-4-2-10(3-5-11)8-16-17-13(15)18-21/h2-9,21H,1H3,(H3,15,17,18)/q+1/b16-8-. The fraction of sp³-hybridized carbons (Fsp3) is 0.0714. The van der Waals surface area contributed by atoms with Gasteiger partial charge in [0.05, 0.1) is 13.3 Å². The van der Waals surface area contributed by atoms with Crippen molar-refractivity contribution in [1.82, 2.24) is 10.0 Å². The van der Waals surface area contributed by atoms with Crippen LogP contribution < -0.4 is 15.6 Å². The van der Waals surface area contributed by atoms with Gasteiger partial charge in [0.25, 0.3) is 0 Å². The van der Waals surface area contributed by atoms with Crippen LogP contribution in [0, 0.1) is 0 Å². The second-order valence-corrected chi connectivity index (χ2v) is 5.50. The Kier molecular flexibility index (Phi) is 3.86. The van der Waals surface area contributed by atoms with Crippen LogP contribution >= 0.6 is 11.3 Å². The molecule has 0 aliphatic rings. The van der Waals surface area contributed by atoms with Crippen LogP contribution in [0.3, 0.4) is 0 Å². The van der Waals surface area contributed by atoms with E-state index in [1.807, 2.05) is 30.5 Å². The van der Waals surface area contributed by atoms with Crippen molar-refractivity contribution in [1.29, 1.82) is 0 Å². The van der Waals surface area contributed by atoms with Crippen LogP contribution in [0.25, 0.3) is 16.2 Å². The van der Waals surface area contributed by atoms with E-state index in [0.29, 0.717) is 0 Å². The van der Waals surface area contributed by atoms with E-state index in [2.05, 4.69) is 37.8 Å². The van der Waals surface area contributed by atoms with Crippen LogP contribution in [-0.2, 0) is 7.05 Å². The fourth-order valence-corrected chi connectivity index (χ4v) is 2.95. The maximum absolute atomic E-state index is 8.48. The summed E-state index contributed by atoms with van der Waals surface area (Å²) in [4.78, 5) is 1.18. The topological polar surface area (TPSA) is 92.0 Å². The first-order valence-electron chi connectivity index (χ1n) is 6.50. The number of aryl methyl sites for hydroxylation is 1. The number of nitrogens with two attached hydrogens (primary N) is 1.